The molecule has 150 valence electrons. The van der Waals surface area contributed by atoms with Crippen LogP contribution in [0.1, 0.15) is 12.8 Å². The Morgan fingerprint density at radius 3 is 2.57 bits per heavy atom. The first-order valence-corrected chi connectivity index (χ1v) is 11.0. The topological polar surface area (TPSA) is 75.7 Å². The number of nitrogens with zero attached hydrogens (tertiary/aromatic N) is 1. The van der Waals surface area contributed by atoms with Crippen molar-refractivity contribution in [2.45, 2.75) is 17.7 Å². The van der Waals surface area contributed by atoms with Gasteiger partial charge in [0.05, 0.1) is 12.8 Å². The van der Waals surface area contributed by atoms with E-state index < -0.39 is 15.8 Å². The molecule has 0 atom stereocenters. The molecular formula is C19H20BrFN2O4S. The van der Waals surface area contributed by atoms with Gasteiger partial charge in [0.25, 0.3) is 0 Å². The fraction of sp³-hybridized carbons (Fsp3) is 0.316. The van der Waals surface area contributed by atoms with Gasteiger partial charge in [-0.05, 0) is 43.2 Å². The molecule has 1 fully saturated rings. The van der Waals surface area contributed by atoms with E-state index in [1.165, 1.54) is 23.5 Å². The minimum absolute atomic E-state index is 0.151. The van der Waals surface area contributed by atoms with Crippen molar-refractivity contribution in [3.8, 4) is 5.75 Å². The fourth-order valence-electron chi connectivity index (χ4n) is 3.16. The minimum Gasteiger partial charge on any atom is -0.495 e. The third-order valence-electron chi connectivity index (χ3n) is 4.70. The van der Waals surface area contributed by atoms with Gasteiger partial charge in [0.1, 0.15) is 16.5 Å². The average molecular weight is 471 g/mol. The zero-order valence-corrected chi connectivity index (χ0v) is 17.6. The molecule has 1 heterocycles. The van der Waals surface area contributed by atoms with E-state index in [0.29, 0.717) is 28.8 Å². The maximum absolute atomic E-state index is 14.0. The Hall–Kier alpha value is -1.97. The number of hydrogen-bond donors (Lipinski definition) is 1. The Labute approximate surface area is 171 Å². The number of amides is 1. The predicted molar refractivity (Wildman–Crippen MR) is 107 cm³/mol. The van der Waals surface area contributed by atoms with Gasteiger partial charge >= 0.3 is 0 Å². The summed E-state index contributed by atoms with van der Waals surface area (Å²) in [4.78, 5) is 12.2. The summed E-state index contributed by atoms with van der Waals surface area (Å²) in [6, 6.07) is 10.9. The van der Waals surface area contributed by atoms with Gasteiger partial charge in [0, 0.05) is 23.5 Å². The second kappa shape index (κ2) is 8.59. The number of halogens is 2. The third-order valence-corrected chi connectivity index (χ3v) is 7.11. The van der Waals surface area contributed by atoms with Gasteiger partial charge in [0.2, 0.25) is 15.9 Å². The Bertz CT molecular complexity index is 976. The van der Waals surface area contributed by atoms with Gasteiger partial charge in [-0.3, -0.25) is 4.79 Å². The van der Waals surface area contributed by atoms with Gasteiger partial charge in [0.15, 0.2) is 0 Å². The van der Waals surface area contributed by atoms with Crippen LogP contribution in [0, 0.1) is 11.7 Å². The van der Waals surface area contributed by atoms with Gasteiger partial charge < -0.3 is 10.1 Å². The van der Waals surface area contributed by atoms with Crippen LogP contribution in [0.15, 0.2) is 51.8 Å². The molecule has 1 saturated heterocycles. The second-order valence-electron chi connectivity index (χ2n) is 6.44. The molecule has 0 aromatic heterocycles. The van der Waals surface area contributed by atoms with Crippen LogP contribution in [0.4, 0.5) is 10.1 Å². The smallest absolute Gasteiger partial charge is 0.246 e. The highest BCUT2D eigenvalue weighted by Gasteiger charge is 2.33. The number of methoxy groups -OCH3 is 1. The van der Waals surface area contributed by atoms with Gasteiger partial charge in [-0.25, -0.2) is 12.8 Å². The maximum Gasteiger partial charge on any atom is 0.246 e. The molecule has 6 nitrogen and oxygen atoms in total. The van der Waals surface area contributed by atoms with Gasteiger partial charge in [-0.2, -0.15) is 4.31 Å². The number of anilines is 1. The van der Waals surface area contributed by atoms with Crippen molar-refractivity contribution in [1.29, 1.82) is 0 Å². The van der Waals surface area contributed by atoms with Crippen LogP contribution < -0.4 is 10.1 Å². The number of ether oxygens (including phenoxy) is 1. The lowest BCUT2D eigenvalue weighted by Crippen LogP contribution is -2.41. The first-order valence-electron chi connectivity index (χ1n) is 8.72. The molecule has 1 aliphatic heterocycles. The Balaban J connectivity index is 1.67. The van der Waals surface area contributed by atoms with Gasteiger partial charge in [-0.1, -0.05) is 28.1 Å². The van der Waals surface area contributed by atoms with E-state index in [4.69, 9.17) is 4.74 Å². The molecule has 9 heteroatoms. The highest BCUT2D eigenvalue weighted by molar-refractivity contribution is 9.10. The summed E-state index contributed by atoms with van der Waals surface area (Å²) in [5.41, 5.74) is 0.571. The van der Waals surface area contributed by atoms with Crippen LogP contribution in [0.3, 0.4) is 0 Å². The van der Waals surface area contributed by atoms with Crippen molar-refractivity contribution in [3.63, 3.8) is 0 Å². The van der Waals surface area contributed by atoms with Crippen molar-refractivity contribution in [2.75, 3.05) is 25.5 Å². The standard InChI is InChI=1S/C19H20BrFN2O4S/c1-27-17-5-3-2-4-16(17)22-19(24)13-8-10-23(11-9-13)28(25,26)18-12-14(20)6-7-15(18)21/h2-7,12-13H,8-11H2,1H3,(H,22,24). The largest absolute Gasteiger partial charge is 0.495 e. The van der Waals surface area contributed by atoms with E-state index in [1.54, 1.807) is 24.3 Å². The van der Waals surface area contributed by atoms with Crippen LogP contribution in [0.2, 0.25) is 0 Å². The van der Waals surface area contributed by atoms with Crippen molar-refractivity contribution >= 4 is 37.5 Å². The molecule has 0 unspecified atom stereocenters. The second-order valence-corrected chi connectivity index (χ2v) is 9.26. The number of rotatable bonds is 5. The SMILES string of the molecule is COc1ccccc1NC(=O)C1CCN(S(=O)(=O)c2cc(Br)ccc2F)CC1. The normalized spacial score (nSPS) is 16.0. The summed E-state index contributed by atoms with van der Waals surface area (Å²) < 4.78 is 46.5. The molecule has 1 N–H and O–H groups in total. The summed E-state index contributed by atoms with van der Waals surface area (Å²) in [5, 5.41) is 2.83. The summed E-state index contributed by atoms with van der Waals surface area (Å²) in [5.74, 6) is -0.751. The van der Waals surface area contributed by atoms with E-state index in [2.05, 4.69) is 21.2 Å². The van der Waals surface area contributed by atoms with E-state index in [1.807, 2.05) is 0 Å². The molecule has 0 bridgehead atoms. The first kappa shape index (κ1) is 20.8. The number of carbonyl (C=O) groups excluding carboxylic acids is 1. The zero-order chi connectivity index (χ0) is 20.3. The van der Waals surface area contributed by atoms with Crippen LogP contribution in [-0.2, 0) is 14.8 Å². The van der Waals surface area contributed by atoms with Crippen molar-refractivity contribution in [2.24, 2.45) is 5.92 Å². The number of carbonyl (C=O) groups is 1. The molecule has 2 aromatic carbocycles. The van der Waals surface area contributed by atoms with Crippen molar-refractivity contribution in [3.05, 3.63) is 52.8 Å². The molecule has 3 rings (SSSR count). The van der Waals surface area contributed by atoms with E-state index in [0.717, 1.165) is 6.07 Å². The quantitative estimate of drug-likeness (QED) is 0.723. The lowest BCUT2D eigenvalue weighted by atomic mass is 9.97. The highest BCUT2D eigenvalue weighted by atomic mass is 79.9. The van der Waals surface area contributed by atoms with E-state index >= 15 is 0 Å². The number of piperidine rings is 1. The van der Waals surface area contributed by atoms with E-state index in [9.17, 15) is 17.6 Å². The molecule has 0 aliphatic carbocycles. The summed E-state index contributed by atoms with van der Waals surface area (Å²) in [6.45, 7) is 0.302. The van der Waals surface area contributed by atoms with Crippen LogP contribution in [0.5, 0.6) is 5.75 Å². The first-order chi connectivity index (χ1) is 13.3. The molecular weight excluding hydrogens is 451 g/mol. The zero-order valence-electron chi connectivity index (χ0n) is 15.2. The third kappa shape index (κ3) is 4.37. The predicted octanol–water partition coefficient (Wildman–Crippen LogP) is 3.64. The summed E-state index contributed by atoms with van der Waals surface area (Å²) in [7, 11) is -2.43. The Kier molecular flexibility index (Phi) is 6.36. The number of benzene rings is 2. The number of nitrogens with one attached hydrogen (secondary N) is 1. The minimum atomic E-state index is -3.96. The molecule has 2 aromatic rings. The molecule has 28 heavy (non-hydrogen) atoms. The highest BCUT2D eigenvalue weighted by Crippen LogP contribution is 2.29. The maximum atomic E-state index is 14.0. The number of para-hydroxylation sites is 2. The number of hydrogen-bond acceptors (Lipinski definition) is 4. The van der Waals surface area contributed by atoms with Crippen molar-refractivity contribution < 1.29 is 22.3 Å². The molecule has 1 aliphatic rings. The van der Waals surface area contributed by atoms with Crippen molar-refractivity contribution in [1.82, 2.24) is 4.31 Å². The lowest BCUT2D eigenvalue weighted by molar-refractivity contribution is -0.120. The molecule has 0 saturated carbocycles. The summed E-state index contributed by atoms with van der Waals surface area (Å²) in [6.07, 6.45) is 0.714. The molecule has 1 amide bonds. The van der Waals surface area contributed by atoms with Crippen LogP contribution >= 0.6 is 15.9 Å². The number of sulfonamides is 1. The lowest BCUT2D eigenvalue weighted by Gasteiger charge is -2.30. The molecule has 0 spiro atoms. The fourth-order valence-corrected chi connectivity index (χ4v) is 5.23. The van der Waals surface area contributed by atoms with Gasteiger partial charge in [-0.15, -0.1) is 0 Å². The molecule has 0 radical (unpaired) electrons. The monoisotopic (exact) mass is 470 g/mol. The van der Waals surface area contributed by atoms with Crippen LogP contribution in [-0.4, -0.2) is 38.8 Å². The Morgan fingerprint density at radius 1 is 1.21 bits per heavy atom. The van der Waals surface area contributed by atoms with Crippen LogP contribution in [0.25, 0.3) is 0 Å². The summed E-state index contributed by atoms with van der Waals surface area (Å²) >= 11 is 3.17. The Morgan fingerprint density at radius 2 is 1.89 bits per heavy atom. The average Bonchev–Trinajstić information content (AvgIpc) is 2.70. The van der Waals surface area contributed by atoms with E-state index in [-0.39, 0.29) is 29.8 Å².